The van der Waals surface area contributed by atoms with Crippen LogP contribution in [0.2, 0.25) is 5.15 Å². The topological polar surface area (TPSA) is 61.9 Å². The molecular formula is C20H23ClN4OS. The number of nitrogens with zero attached hydrogens (tertiary/aromatic N) is 3. The van der Waals surface area contributed by atoms with Gasteiger partial charge in [0.2, 0.25) is 0 Å². The van der Waals surface area contributed by atoms with E-state index in [1.165, 1.54) is 10.4 Å². The van der Waals surface area contributed by atoms with Gasteiger partial charge in [-0.3, -0.25) is 9.69 Å². The van der Waals surface area contributed by atoms with E-state index in [2.05, 4.69) is 28.7 Å². The minimum Gasteiger partial charge on any atom is -0.309 e. The van der Waals surface area contributed by atoms with E-state index in [-0.39, 0.29) is 11.6 Å². The summed E-state index contributed by atoms with van der Waals surface area (Å²) in [6.45, 7) is 5.04. The number of nitrogens with one attached hydrogen (secondary N) is 1. The summed E-state index contributed by atoms with van der Waals surface area (Å²) < 4.78 is 0. The number of aromatic nitrogens is 3. The third kappa shape index (κ3) is 3.66. The fourth-order valence-corrected chi connectivity index (χ4v) is 5.20. The Bertz CT molecular complexity index is 1030. The van der Waals surface area contributed by atoms with Gasteiger partial charge in [-0.1, -0.05) is 24.6 Å². The van der Waals surface area contributed by atoms with Crippen LogP contribution in [0.25, 0.3) is 10.2 Å². The van der Waals surface area contributed by atoms with Crippen molar-refractivity contribution in [2.24, 2.45) is 5.92 Å². The van der Waals surface area contributed by atoms with E-state index in [0.717, 1.165) is 35.0 Å². The summed E-state index contributed by atoms with van der Waals surface area (Å²) in [6, 6.07) is 3.74. The Balaban J connectivity index is 1.63. The van der Waals surface area contributed by atoms with Crippen LogP contribution >= 0.6 is 22.9 Å². The Morgan fingerprint density at radius 1 is 1.44 bits per heavy atom. The second-order valence-corrected chi connectivity index (χ2v) is 9.03. The van der Waals surface area contributed by atoms with Crippen LogP contribution in [-0.2, 0) is 19.4 Å². The second kappa shape index (κ2) is 7.34. The maximum atomic E-state index is 12.8. The molecule has 0 bridgehead atoms. The van der Waals surface area contributed by atoms with Crippen LogP contribution in [0.5, 0.6) is 0 Å². The summed E-state index contributed by atoms with van der Waals surface area (Å²) in [5.41, 5.74) is 2.29. The molecule has 2 atom stereocenters. The predicted molar refractivity (Wildman–Crippen MR) is 111 cm³/mol. The maximum Gasteiger partial charge on any atom is 0.259 e. The average Bonchev–Trinajstić information content (AvgIpc) is 3.00. The van der Waals surface area contributed by atoms with Crippen molar-refractivity contribution in [1.29, 1.82) is 0 Å². The predicted octanol–water partition coefficient (Wildman–Crippen LogP) is 4.35. The van der Waals surface area contributed by atoms with E-state index in [0.29, 0.717) is 23.4 Å². The first-order valence-electron chi connectivity index (χ1n) is 9.27. The molecule has 27 heavy (non-hydrogen) atoms. The molecule has 3 aromatic heterocycles. The van der Waals surface area contributed by atoms with Crippen LogP contribution in [0.3, 0.4) is 0 Å². The lowest BCUT2D eigenvalue weighted by Crippen LogP contribution is -2.26. The van der Waals surface area contributed by atoms with Gasteiger partial charge in [-0.2, -0.15) is 0 Å². The smallest absolute Gasteiger partial charge is 0.259 e. The van der Waals surface area contributed by atoms with Crippen LogP contribution < -0.4 is 5.56 Å². The van der Waals surface area contributed by atoms with Crippen LogP contribution in [0, 0.1) is 5.92 Å². The highest BCUT2D eigenvalue weighted by atomic mass is 35.5. The largest absolute Gasteiger partial charge is 0.309 e. The number of halogens is 1. The fourth-order valence-electron chi connectivity index (χ4n) is 3.70. The maximum absolute atomic E-state index is 12.8. The molecule has 0 saturated heterocycles. The lowest BCUT2D eigenvalue weighted by Gasteiger charge is -2.23. The van der Waals surface area contributed by atoms with Gasteiger partial charge >= 0.3 is 0 Å². The Hall–Kier alpha value is -1.76. The van der Waals surface area contributed by atoms with Gasteiger partial charge < -0.3 is 4.98 Å². The summed E-state index contributed by atoms with van der Waals surface area (Å²) in [7, 11) is 2.02. The zero-order valence-electron chi connectivity index (χ0n) is 15.8. The first kappa shape index (κ1) is 18.6. The van der Waals surface area contributed by atoms with Crippen molar-refractivity contribution in [1.82, 2.24) is 19.9 Å². The summed E-state index contributed by atoms with van der Waals surface area (Å²) >= 11 is 7.55. The van der Waals surface area contributed by atoms with Crippen molar-refractivity contribution < 1.29 is 0 Å². The first-order valence-corrected chi connectivity index (χ1v) is 10.5. The van der Waals surface area contributed by atoms with Crippen LogP contribution in [-0.4, -0.2) is 26.9 Å². The zero-order valence-corrected chi connectivity index (χ0v) is 17.3. The van der Waals surface area contributed by atoms with Gasteiger partial charge in [0.05, 0.1) is 11.4 Å². The van der Waals surface area contributed by atoms with Crippen LogP contribution in [0.4, 0.5) is 0 Å². The summed E-state index contributed by atoms with van der Waals surface area (Å²) in [5.74, 6) is 1.39. The van der Waals surface area contributed by atoms with Crippen molar-refractivity contribution >= 4 is 33.2 Å². The number of pyridine rings is 1. The van der Waals surface area contributed by atoms with Gasteiger partial charge in [-0.25, -0.2) is 9.97 Å². The molecule has 4 rings (SSSR count). The minimum atomic E-state index is -0.0178. The summed E-state index contributed by atoms with van der Waals surface area (Å²) in [4.78, 5) is 29.2. The standard InChI is InChI=1S/C20H23ClN4OS/c1-11-4-6-14-15(8-11)27-20-17(14)19(26)23-18(24-20)12(2)25(3)10-13-5-7-16(21)22-9-13/h5,7,9,11-12H,4,6,8,10H2,1-3H3,(H,23,24,26)/t11-,12+/m1/s1. The summed E-state index contributed by atoms with van der Waals surface area (Å²) in [6.07, 6.45) is 4.97. The first-order chi connectivity index (χ1) is 12.9. The van der Waals surface area contributed by atoms with Gasteiger partial charge in [0.15, 0.2) is 0 Å². The molecule has 7 heteroatoms. The number of hydrogen-bond donors (Lipinski definition) is 1. The average molecular weight is 403 g/mol. The Labute approximate surface area is 167 Å². The quantitative estimate of drug-likeness (QED) is 0.659. The molecule has 0 radical (unpaired) electrons. The van der Waals surface area contributed by atoms with E-state index in [1.54, 1.807) is 23.6 Å². The third-order valence-corrected chi connectivity index (χ3v) is 6.83. The highest BCUT2D eigenvalue weighted by molar-refractivity contribution is 7.18. The van der Waals surface area contributed by atoms with Crippen LogP contribution in [0.1, 0.15) is 48.1 Å². The molecule has 0 saturated carbocycles. The Morgan fingerprint density at radius 2 is 2.26 bits per heavy atom. The van der Waals surface area contributed by atoms with Crippen molar-refractivity contribution in [2.45, 2.75) is 45.7 Å². The SMILES string of the molecule is C[C@@H]1CCc2c(sc3nc([C@H](C)N(C)Cc4ccc(Cl)nc4)[nH]c(=O)c23)C1. The molecule has 0 aliphatic heterocycles. The summed E-state index contributed by atoms with van der Waals surface area (Å²) in [5, 5.41) is 1.30. The van der Waals surface area contributed by atoms with Gasteiger partial charge in [0, 0.05) is 17.6 Å². The van der Waals surface area contributed by atoms with Crippen molar-refractivity contribution in [2.75, 3.05) is 7.05 Å². The Morgan fingerprint density at radius 3 is 3.00 bits per heavy atom. The molecule has 1 N–H and O–H groups in total. The van der Waals surface area contributed by atoms with Gasteiger partial charge in [0.25, 0.3) is 5.56 Å². The van der Waals surface area contributed by atoms with Crippen molar-refractivity contribution in [3.05, 3.63) is 55.7 Å². The highest BCUT2D eigenvalue weighted by Crippen LogP contribution is 2.36. The number of hydrogen-bond acceptors (Lipinski definition) is 5. The molecule has 5 nitrogen and oxygen atoms in total. The number of rotatable bonds is 4. The Kier molecular flexibility index (Phi) is 5.05. The van der Waals surface area contributed by atoms with E-state index >= 15 is 0 Å². The number of aryl methyl sites for hydroxylation is 1. The molecule has 1 aliphatic rings. The number of thiophene rings is 1. The highest BCUT2D eigenvalue weighted by Gasteiger charge is 2.24. The van der Waals surface area contributed by atoms with Gasteiger partial charge in [-0.05, 0) is 56.3 Å². The molecule has 3 aromatic rings. The lowest BCUT2D eigenvalue weighted by atomic mass is 9.89. The molecule has 3 heterocycles. The minimum absolute atomic E-state index is 0.00420. The molecule has 0 amide bonds. The normalized spacial score (nSPS) is 18.0. The second-order valence-electron chi connectivity index (χ2n) is 7.56. The fraction of sp³-hybridized carbons (Fsp3) is 0.450. The molecule has 142 valence electrons. The number of fused-ring (bicyclic) bond motifs is 3. The van der Waals surface area contributed by atoms with E-state index in [1.807, 2.05) is 13.1 Å². The molecule has 1 aliphatic carbocycles. The van der Waals surface area contributed by atoms with Crippen molar-refractivity contribution in [3.63, 3.8) is 0 Å². The van der Waals surface area contributed by atoms with Gasteiger partial charge in [-0.15, -0.1) is 11.3 Å². The molecule has 0 aromatic carbocycles. The van der Waals surface area contributed by atoms with Crippen molar-refractivity contribution in [3.8, 4) is 0 Å². The van der Waals surface area contributed by atoms with Gasteiger partial charge in [0.1, 0.15) is 15.8 Å². The number of H-pyrrole nitrogens is 1. The number of aromatic amines is 1. The zero-order chi connectivity index (χ0) is 19.1. The molecular weight excluding hydrogens is 380 g/mol. The molecule has 0 fully saturated rings. The third-order valence-electron chi connectivity index (χ3n) is 5.46. The van der Waals surface area contributed by atoms with E-state index in [9.17, 15) is 4.79 Å². The van der Waals surface area contributed by atoms with E-state index in [4.69, 9.17) is 16.6 Å². The monoisotopic (exact) mass is 402 g/mol. The molecule has 0 spiro atoms. The van der Waals surface area contributed by atoms with E-state index < -0.39 is 0 Å². The van der Waals surface area contributed by atoms with Crippen LogP contribution in [0.15, 0.2) is 23.1 Å². The lowest BCUT2D eigenvalue weighted by molar-refractivity contribution is 0.243. The molecule has 0 unspecified atom stereocenters.